The normalized spacial score (nSPS) is 28.5. The van der Waals surface area contributed by atoms with E-state index in [0.29, 0.717) is 0 Å². The van der Waals surface area contributed by atoms with Gasteiger partial charge in [-0.1, -0.05) is 6.92 Å². The van der Waals surface area contributed by atoms with E-state index in [2.05, 4.69) is 25.2 Å². The molecule has 1 atom stereocenters. The molecule has 2 heteroatoms. The highest BCUT2D eigenvalue weighted by atomic mass is 16.3. The molecule has 0 fully saturated rings. The first-order valence-corrected chi connectivity index (χ1v) is 4.58. The van der Waals surface area contributed by atoms with E-state index < -0.39 is 0 Å². The van der Waals surface area contributed by atoms with Crippen LogP contribution in [-0.4, -0.2) is 6.54 Å². The molecule has 66 valence electrons. The molecule has 0 amide bonds. The maximum absolute atomic E-state index is 5.41. The van der Waals surface area contributed by atoms with Gasteiger partial charge in [-0.15, -0.1) is 0 Å². The minimum Gasteiger partial charge on any atom is -0.469 e. The third-order valence-electron chi connectivity index (χ3n) is 2.91. The Morgan fingerprint density at radius 1 is 1.67 bits per heavy atom. The molecule has 1 N–H and O–H groups in total. The Bertz CT molecular complexity index is 279. The lowest BCUT2D eigenvalue weighted by Gasteiger charge is -2.33. The van der Waals surface area contributed by atoms with E-state index in [1.54, 1.807) is 6.26 Å². The van der Waals surface area contributed by atoms with Crippen molar-refractivity contribution >= 4 is 0 Å². The molecule has 0 spiro atoms. The summed E-state index contributed by atoms with van der Waals surface area (Å²) in [5.41, 5.74) is 1.48. The summed E-state index contributed by atoms with van der Waals surface area (Å²) < 4.78 is 5.41. The summed E-state index contributed by atoms with van der Waals surface area (Å²) in [7, 11) is 0. The molecule has 0 radical (unpaired) electrons. The summed E-state index contributed by atoms with van der Waals surface area (Å²) in [6.07, 6.45) is 3.93. The van der Waals surface area contributed by atoms with Crippen LogP contribution in [0.5, 0.6) is 0 Å². The molecule has 0 saturated heterocycles. The molecular weight excluding hydrogens is 150 g/mol. The number of hydrogen-bond acceptors (Lipinski definition) is 2. The molecule has 12 heavy (non-hydrogen) atoms. The predicted molar refractivity (Wildman–Crippen MR) is 48.1 cm³/mol. The zero-order chi connectivity index (χ0) is 8.60. The van der Waals surface area contributed by atoms with Crippen molar-refractivity contribution in [1.82, 2.24) is 5.32 Å². The fraction of sp³-hybridized carbons (Fsp3) is 0.600. The molecule has 2 nitrogen and oxygen atoms in total. The van der Waals surface area contributed by atoms with Gasteiger partial charge >= 0.3 is 0 Å². The lowest BCUT2D eigenvalue weighted by atomic mass is 9.86. The van der Waals surface area contributed by atoms with Crippen LogP contribution in [0.15, 0.2) is 16.7 Å². The van der Waals surface area contributed by atoms with E-state index in [0.717, 1.165) is 25.1 Å². The maximum Gasteiger partial charge on any atom is 0.110 e. The highest BCUT2D eigenvalue weighted by Crippen LogP contribution is 2.31. The van der Waals surface area contributed by atoms with Gasteiger partial charge in [0.1, 0.15) is 5.76 Å². The molecular formula is C10H15NO. The van der Waals surface area contributed by atoms with Crippen LogP contribution in [0, 0.1) is 0 Å². The van der Waals surface area contributed by atoms with Gasteiger partial charge in [0.2, 0.25) is 0 Å². The summed E-state index contributed by atoms with van der Waals surface area (Å²) in [4.78, 5) is 0. The van der Waals surface area contributed by atoms with E-state index >= 15 is 0 Å². The summed E-state index contributed by atoms with van der Waals surface area (Å²) in [5, 5.41) is 3.53. The van der Waals surface area contributed by atoms with Crippen molar-refractivity contribution in [3.05, 3.63) is 23.7 Å². The fourth-order valence-electron chi connectivity index (χ4n) is 1.89. The first-order valence-electron chi connectivity index (χ1n) is 4.58. The molecule has 2 heterocycles. The largest absolute Gasteiger partial charge is 0.469 e. The average Bonchev–Trinajstić information content (AvgIpc) is 2.54. The molecule has 2 rings (SSSR count). The minimum absolute atomic E-state index is 0.139. The second kappa shape index (κ2) is 2.63. The molecule has 0 aromatic carbocycles. The number of hydrogen-bond donors (Lipinski definition) is 1. The number of fused-ring (bicyclic) bond motifs is 1. The van der Waals surface area contributed by atoms with Gasteiger partial charge in [0.15, 0.2) is 0 Å². The van der Waals surface area contributed by atoms with Crippen LogP contribution in [0.2, 0.25) is 0 Å². The van der Waals surface area contributed by atoms with Gasteiger partial charge in [0.05, 0.1) is 6.26 Å². The molecule has 1 aromatic rings. The van der Waals surface area contributed by atoms with Crippen molar-refractivity contribution in [1.29, 1.82) is 0 Å². The van der Waals surface area contributed by atoms with Crippen molar-refractivity contribution in [2.45, 2.75) is 32.2 Å². The van der Waals surface area contributed by atoms with Gasteiger partial charge < -0.3 is 9.73 Å². The second-order valence-corrected chi connectivity index (χ2v) is 3.62. The summed E-state index contributed by atoms with van der Waals surface area (Å²) in [5.74, 6) is 1.16. The Hall–Kier alpha value is -0.760. The highest BCUT2D eigenvalue weighted by Gasteiger charge is 2.31. The third-order valence-corrected chi connectivity index (χ3v) is 2.91. The van der Waals surface area contributed by atoms with Gasteiger partial charge in [0.25, 0.3) is 0 Å². The molecule has 0 saturated carbocycles. The molecule has 1 unspecified atom stereocenters. The van der Waals surface area contributed by atoms with Crippen molar-refractivity contribution < 1.29 is 4.42 Å². The van der Waals surface area contributed by atoms with Gasteiger partial charge in [-0.05, 0) is 19.4 Å². The van der Waals surface area contributed by atoms with Crippen molar-refractivity contribution in [2.24, 2.45) is 0 Å². The monoisotopic (exact) mass is 165 g/mol. The van der Waals surface area contributed by atoms with Crippen LogP contribution in [0.3, 0.4) is 0 Å². The summed E-state index contributed by atoms with van der Waals surface area (Å²) in [6, 6.07) is 2.09. The number of nitrogens with one attached hydrogen (secondary N) is 1. The first kappa shape index (κ1) is 7.87. The van der Waals surface area contributed by atoms with Gasteiger partial charge in [-0.25, -0.2) is 0 Å². The summed E-state index contributed by atoms with van der Waals surface area (Å²) in [6.45, 7) is 5.47. The van der Waals surface area contributed by atoms with Crippen molar-refractivity contribution in [2.75, 3.05) is 6.54 Å². The topological polar surface area (TPSA) is 25.2 Å². The second-order valence-electron chi connectivity index (χ2n) is 3.62. The molecule has 1 aliphatic rings. The Morgan fingerprint density at radius 3 is 3.25 bits per heavy atom. The van der Waals surface area contributed by atoms with E-state index in [1.165, 1.54) is 5.56 Å². The Kier molecular flexibility index (Phi) is 1.72. The lowest BCUT2D eigenvalue weighted by Crippen LogP contribution is -2.43. The minimum atomic E-state index is 0.139. The van der Waals surface area contributed by atoms with Gasteiger partial charge in [0, 0.05) is 24.1 Å². The fourth-order valence-corrected chi connectivity index (χ4v) is 1.89. The average molecular weight is 165 g/mol. The summed E-state index contributed by atoms with van der Waals surface area (Å²) >= 11 is 0. The number of furan rings is 1. The Balaban J connectivity index is 2.44. The first-order chi connectivity index (χ1) is 5.76. The standard InChI is InChI=1S/C10H15NO/c1-3-10(2)8-5-7-12-9(8)4-6-11-10/h5,7,11H,3-4,6H2,1-2H3. The number of rotatable bonds is 1. The predicted octanol–water partition coefficient (Wildman–Crippen LogP) is 2.05. The third kappa shape index (κ3) is 0.985. The molecule has 0 bridgehead atoms. The van der Waals surface area contributed by atoms with Crippen LogP contribution in [0.1, 0.15) is 31.6 Å². The van der Waals surface area contributed by atoms with Gasteiger partial charge in [-0.2, -0.15) is 0 Å². The molecule has 1 aliphatic heterocycles. The van der Waals surface area contributed by atoms with E-state index in [-0.39, 0.29) is 5.54 Å². The van der Waals surface area contributed by atoms with Crippen LogP contribution in [0.4, 0.5) is 0 Å². The smallest absolute Gasteiger partial charge is 0.110 e. The van der Waals surface area contributed by atoms with Crippen molar-refractivity contribution in [3.63, 3.8) is 0 Å². The zero-order valence-corrected chi connectivity index (χ0v) is 7.68. The van der Waals surface area contributed by atoms with E-state index in [9.17, 15) is 0 Å². The van der Waals surface area contributed by atoms with Crippen molar-refractivity contribution in [3.8, 4) is 0 Å². The zero-order valence-electron chi connectivity index (χ0n) is 7.68. The van der Waals surface area contributed by atoms with E-state index in [1.807, 2.05) is 0 Å². The molecule has 1 aromatic heterocycles. The van der Waals surface area contributed by atoms with Crippen LogP contribution < -0.4 is 5.32 Å². The van der Waals surface area contributed by atoms with E-state index in [4.69, 9.17) is 4.42 Å². The lowest BCUT2D eigenvalue weighted by molar-refractivity contribution is 0.316. The van der Waals surface area contributed by atoms with Crippen LogP contribution in [0.25, 0.3) is 0 Å². The maximum atomic E-state index is 5.41. The Labute approximate surface area is 73.0 Å². The van der Waals surface area contributed by atoms with Gasteiger partial charge in [-0.3, -0.25) is 0 Å². The van der Waals surface area contributed by atoms with Crippen LogP contribution in [-0.2, 0) is 12.0 Å². The Morgan fingerprint density at radius 2 is 2.50 bits per heavy atom. The quantitative estimate of drug-likeness (QED) is 0.689. The van der Waals surface area contributed by atoms with Crippen LogP contribution >= 0.6 is 0 Å². The SMILES string of the molecule is CCC1(C)NCCc2occc21. The molecule has 0 aliphatic carbocycles. The highest BCUT2D eigenvalue weighted by molar-refractivity contribution is 5.28.